The van der Waals surface area contributed by atoms with E-state index in [1.807, 2.05) is 12.1 Å². The number of aliphatic hydroxyl groups is 1. The highest BCUT2D eigenvalue weighted by Gasteiger charge is 2.15. The molecule has 1 heterocycles. The average Bonchev–Trinajstić information content (AvgIpc) is 2.65. The SMILES string of the molecule is CCN1CCCC(Nc2ccc(CO)cc2)CC1. The summed E-state index contributed by atoms with van der Waals surface area (Å²) in [5.41, 5.74) is 2.14. The average molecular weight is 248 g/mol. The van der Waals surface area contributed by atoms with Crippen LogP contribution in [-0.2, 0) is 6.61 Å². The van der Waals surface area contributed by atoms with E-state index in [-0.39, 0.29) is 6.61 Å². The second-order valence-electron chi connectivity index (χ2n) is 5.06. The molecule has 0 radical (unpaired) electrons. The molecule has 1 aliphatic rings. The summed E-state index contributed by atoms with van der Waals surface area (Å²) >= 11 is 0. The van der Waals surface area contributed by atoms with Gasteiger partial charge < -0.3 is 15.3 Å². The summed E-state index contributed by atoms with van der Waals surface area (Å²) in [6.45, 7) is 5.95. The maximum atomic E-state index is 9.02. The van der Waals surface area contributed by atoms with Gasteiger partial charge in [-0.15, -0.1) is 0 Å². The maximum absolute atomic E-state index is 9.02. The fourth-order valence-electron chi connectivity index (χ4n) is 2.56. The van der Waals surface area contributed by atoms with E-state index in [1.54, 1.807) is 0 Å². The van der Waals surface area contributed by atoms with Crippen LogP contribution < -0.4 is 5.32 Å². The molecule has 0 aliphatic carbocycles. The Balaban J connectivity index is 1.88. The normalized spacial score (nSPS) is 21.6. The number of benzene rings is 1. The number of rotatable bonds is 4. The van der Waals surface area contributed by atoms with Crippen LogP contribution in [-0.4, -0.2) is 35.7 Å². The summed E-state index contributed by atoms with van der Waals surface area (Å²) in [4.78, 5) is 2.52. The highest BCUT2D eigenvalue weighted by molar-refractivity contribution is 5.45. The van der Waals surface area contributed by atoms with Gasteiger partial charge in [-0.05, 0) is 50.0 Å². The van der Waals surface area contributed by atoms with Gasteiger partial charge in [-0.25, -0.2) is 0 Å². The molecule has 1 atom stereocenters. The van der Waals surface area contributed by atoms with E-state index >= 15 is 0 Å². The van der Waals surface area contributed by atoms with Gasteiger partial charge in [-0.1, -0.05) is 19.1 Å². The molecule has 2 rings (SSSR count). The number of nitrogens with one attached hydrogen (secondary N) is 1. The van der Waals surface area contributed by atoms with E-state index in [0.717, 1.165) is 12.1 Å². The third kappa shape index (κ3) is 3.72. The van der Waals surface area contributed by atoms with E-state index < -0.39 is 0 Å². The van der Waals surface area contributed by atoms with Crippen LogP contribution in [0.4, 0.5) is 5.69 Å². The van der Waals surface area contributed by atoms with Crippen LogP contribution in [0.3, 0.4) is 0 Å². The number of hydrogen-bond donors (Lipinski definition) is 2. The molecule has 0 spiro atoms. The first-order chi connectivity index (χ1) is 8.81. The predicted octanol–water partition coefficient (Wildman–Crippen LogP) is 2.47. The van der Waals surface area contributed by atoms with Crippen molar-refractivity contribution in [3.05, 3.63) is 29.8 Å². The first-order valence-corrected chi connectivity index (χ1v) is 7.00. The van der Waals surface area contributed by atoms with E-state index in [1.165, 1.54) is 38.0 Å². The Bertz CT molecular complexity index is 350. The molecular formula is C15H24N2O. The van der Waals surface area contributed by atoms with Crippen molar-refractivity contribution < 1.29 is 5.11 Å². The molecular weight excluding hydrogens is 224 g/mol. The Morgan fingerprint density at radius 3 is 2.67 bits per heavy atom. The van der Waals surface area contributed by atoms with Crippen molar-refractivity contribution in [2.75, 3.05) is 25.0 Å². The third-order valence-corrected chi connectivity index (χ3v) is 3.78. The molecule has 3 heteroatoms. The first kappa shape index (κ1) is 13.4. The lowest BCUT2D eigenvalue weighted by atomic mass is 10.1. The van der Waals surface area contributed by atoms with Gasteiger partial charge in [0.15, 0.2) is 0 Å². The Morgan fingerprint density at radius 1 is 1.22 bits per heavy atom. The van der Waals surface area contributed by atoms with Crippen LogP contribution in [0.25, 0.3) is 0 Å². The zero-order valence-corrected chi connectivity index (χ0v) is 11.2. The zero-order valence-electron chi connectivity index (χ0n) is 11.2. The van der Waals surface area contributed by atoms with Gasteiger partial charge in [0.25, 0.3) is 0 Å². The minimum atomic E-state index is 0.120. The second-order valence-corrected chi connectivity index (χ2v) is 5.06. The Morgan fingerprint density at radius 2 is 2.00 bits per heavy atom. The van der Waals surface area contributed by atoms with Gasteiger partial charge in [0, 0.05) is 18.3 Å². The number of nitrogens with zero attached hydrogens (tertiary/aromatic N) is 1. The minimum Gasteiger partial charge on any atom is -0.392 e. The molecule has 1 aromatic carbocycles. The summed E-state index contributed by atoms with van der Waals surface area (Å²) in [7, 11) is 0. The largest absolute Gasteiger partial charge is 0.392 e. The minimum absolute atomic E-state index is 0.120. The number of likely N-dealkylation sites (tertiary alicyclic amines) is 1. The van der Waals surface area contributed by atoms with Crippen molar-refractivity contribution in [2.24, 2.45) is 0 Å². The van der Waals surface area contributed by atoms with E-state index in [2.05, 4.69) is 29.3 Å². The summed E-state index contributed by atoms with van der Waals surface area (Å²) < 4.78 is 0. The van der Waals surface area contributed by atoms with Gasteiger partial charge in [-0.3, -0.25) is 0 Å². The topological polar surface area (TPSA) is 35.5 Å². The maximum Gasteiger partial charge on any atom is 0.0681 e. The number of anilines is 1. The first-order valence-electron chi connectivity index (χ1n) is 7.00. The zero-order chi connectivity index (χ0) is 12.8. The van der Waals surface area contributed by atoms with Crippen LogP contribution in [0.2, 0.25) is 0 Å². The molecule has 0 amide bonds. The third-order valence-electron chi connectivity index (χ3n) is 3.78. The Labute approximate surface area is 110 Å². The van der Waals surface area contributed by atoms with Crippen LogP contribution >= 0.6 is 0 Å². The number of aliphatic hydroxyl groups excluding tert-OH is 1. The molecule has 2 N–H and O–H groups in total. The van der Waals surface area contributed by atoms with Gasteiger partial charge in [0.1, 0.15) is 0 Å². The predicted molar refractivity (Wildman–Crippen MR) is 75.7 cm³/mol. The van der Waals surface area contributed by atoms with Crippen LogP contribution in [0.1, 0.15) is 31.7 Å². The van der Waals surface area contributed by atoms with Crippen molar-refractivity contribution in [1.29, 1.82) is 0 Å². The summed E-state index contributed by atoms with van der Waals surface area (Å²) in [6, 6.07) is 8.68. The van der Waals surface area contributed by atoms with Gasteiger partial charge in [-0.2, -0.15) is 0 Å². The lowest BCUT2D eigenvalue weighted by molar-refractivity contribution is 0.282. The van der Waals surface area contributed by atoms with Gasteiger partial charge >= 0.3 is 0 Å². The quantitative estimate of drug-likeness (QED) is 0.859. The molecule has 1 fully saturated rings. The lowest BCUT2D eigenvalue weighted by Gasteiger charge is -2.19. The fraction of sp³-hybridized carbons (Fsp3) is 0.600. The Kier molecular flexibility index (Phi) is 5.02. The molecule has 0 bridgehead atoms. The van der Waals surface area contributed by atoms with Crippen molar-refractivity contribution >= 4 is 5.69 Å². The van der Waals surface area contributed by atoms with Crippen molar-refractivity contribution in [2.45, 2.75) is 38.8 Å². The van der Waals surface area contributed by atoms with Gasteiger partial charge in [0.05, 0.1) is 6.61 Å². The smallest absolute Gasteiger partial charge is 0.0681 e. The van der Waals surface area contributed by atoms with Gasteiger partial charge in [0.2, 0.25) is 0 Å². The monoisotopic (exact) mass is 248 g/mol. The van der Waals surface area contributed by atoms with Crippen LogP contribution in [0.5, 0.6) is 0 Å². The molecule has 1 aromatic rings. The summed E-state index contributed by atoms with van der Waals surface area (Å²) in [5, 5.41) is 12.6. The van der Waals surface area contributed by atoms with E-state index in [4.69, 9.17) is 5.11 Å². The summed E-state index contributed by atoms with van der Waals surface area (Å²) in [6.07, 6.45) is 3.74. The molecule has 1 aliphatic heterocycles. The molecule has 100 valence electrons. The van der Waals surface area contributed by atoms with Crippen LogP contribution in [0, 0.1) is 0 Å². The molecule has 0 saturated carbocycles. The second kappa shape index (κ2) is 6.76. The Hall–Kier alpha value is -1.06. The molecule has 1 saturated heterocycles. The van der Waals surface area contributed by atoms with E-state index in [9.17, 15) is 0 Å². The lowest BCUT2D eigenvalue weighted by Crippen LogP contribution is -2.26. The summed E-state index contributed by atoms with van der Waals surface area (Å²) in [5.74, 6) is 0. The molecule has 3 nitrogen and oxygen atoms in total. The number of hydrogen-bond acceptors (Lipinski definition) is 3. The highest BCUT2D eigenvalue weighted by Crippen LogP contribution is 2.17. The molecule has 18 heavy (non-hydrogen) atoms. The van der Waals surface area contributed by atoms with Crippen molar-refractivity contribution in [3.8, 4) is 0 Å². The fourth-order valence-corrected chi connectivity index (χ4v) is 2.56. The van der Waals surface area contributed by atoms with Crippen molar-refractivity contribution in [1.82, 2.24) is 4.90 Å². The standard InChI is InChI=1S/C15H24N2O/c1-2-17-10-3-4-14(9-11-17)16-15-7-5-13(12-18)6-8-15/h5-8,14,16,18H,2-4,9-12H2,1H3. The molecule has 0 aromatic heterocycles. The molecule has 1 unspecified atom stereocenters. The van der Waals surface area contributed by atoms with Crippen LogP contribution in [0.15, 0.2) is 24.3 Å². The highest BCUT2D eigenvalue weighted by atomic mass is 16.3. The van der Waals surface area contributed by atoms with Crippen molar-refractivity contribution in [3.63, 3.8) is 0 Å². The van der Waals surface area contributed by atoms with E-state index in [0.29, 0.717) is 6.04 Å².